The van der Waals surface area contributed by atoms with E-state index in [9.17, 15) is 10.1 Å². The molecular weight excluding hydrogens is 307 g/mol. The Morgan fingerprint density at radius 2 is 1.90 bits per heavy atom. The fourth-order valence-electron chi connectivity index (χ4n) is 1.47. The van der Waals surface area contributed by atoms with Crippen molar-refractivity contribution < 1.29 is 9.66 Å². The zero-order valence-electron chi connectivity index (χ0n) is 10.1. The predicted octanol–water partition coefficient (Wildman–Crippen LogP) is 3.37. The molecule has 7 nitrogen and oxygen atoms in total. The Morgan fingerprint density at radius 3 is 2.50 bits per heavy atom. The summed E-state index contributed by atoms with van der Waals surface area (Å²) in [6.07, 6.45) is 0. The van der Waals surface area contributed by atoms with Crippen molar-refractivity contribution in [1.29, 1.82) is 0 Å². The summed E-state index contributed by atoms with van der Waals surface area (Å²) in [7, 11) is 0. The predicted molar refractivity (Wildman–Crippen MR) is 74.4 cm³/mol. The van der Waals surface area contributed by atoms with Crippen LogP contribution in [-0.2, 0) is 0 Å². The van der Waals surface area contributed by atoms with Crippen LogP contribution in [0.4, 0.5) is 11.5 Å². The minimum Gasteiger partial charge on any atom is -0.432 e. The number of nitrogen functional groups attached to an aromatic ring is 1. The molecule has 2 N–H and O–H groups in total. The van der Waals surface area contributed by atoms with E-state index in [2.05, 4.69) is 9.97 Å². The van der Waals surface area contributed by atoms with Gasteiger partial charge in [-0.05, 0) is 6.92 Å². The van der Waals surface area contributed by atoms with E-state index < -0.39 is 4.92 Å². The summed E-state index contributed by atoms with van der Waals surface area (Å²) >= 11 is 11.6. The van der Waals surface area contributed by atoms with Gasteiger partial charge in [0, 0.05) is 18.2 Å². The molecule has 104 valence electrons. The second-order valence-electron chi connectivity index (χ2n) is 3.77. The Labute approximate surface area is 123 Å². The molecule has 0 fully saturated rings. The van der Waals surface area contributed by atoms with Crippen molar-refractivity contribution in [3.63, 3.8) is 0 Å². The van der Waals surface area contributed by atoms with Crippen molar-refractivity contribution in [3.8, 4) is 11.6 Å². The van der Waals surface area contributed by atoms with Gasteiger partial charge in [0.1, 0.15) is 11.6 Å². The van der Waals surface area contributed by atoms with Crippen LogP contribution < -0.4 is 10.5 Å². The molecule has 0 saturated heterocycles. The summed E-state index contributed by atoms with van der Waals surface area (Å²) in [5.41, 5.74) is 5.23. The number of aryl methyl sites for hydroxylation is 1. The minimum atomic E-state index is -0.630. The van der Waals surface area contributed by atoms with Crippen LogP contribution in [0.5, 0.6) is 11.6 Å². The molecule has 9 heteroatoms. The molecule has 1 heterocycles. The third-order valence-electron chi connectivity index (χ3n) is 2.25. The van der Waals surface area contributed by atoms with Crippen LogP contribution in [0.2, 0.25) is 10.0 Å². The monoisotopic (exact) mass is 314 g/mol. The van der Waals surface area contributed by atoms with Crippen LogP contribution in [0.3, 0.4) is 0 Å². The molecule has 0 aliphatic heterocycles. The molecule has 0 unspecified atom stereocenters. The van der Waals surface area contributed by atoms with Crippen LogP contribution in [-0.4, -0.2) is 14.9 Å². The van der Waals surface area contributed by atoms with Crippen LogP contribution in [0.15, 0.2) is 18.2 Å². The Balaban J connectivity index is 2.47. The molecule has 0 radical (unpaired) electrons. The number of benzene rings is 1. The van der Waals surface area contributed by atoms with Gasteiger partial charge in [0.2, 0.25) is 11.6 Å². The number of rotatable bonds is 3. The highest BCUT2D eigenvalue weighted by Gasteiger charge is 2.19. The van der Waals surface area contributed by atoms with Crippen LogP contribution in [0.1, 0.15) is 5.82 Å². The topological polar surface area (TPSA) is 104 Å². The first kappa shape index (κ1) is 14.3. The average molecular weight is 315 g/mol. The number of nitrogens with two attached hydrogens (primary N) is 1. The lowest BCUT2D eigenvalue weighted by Gasteiger charge is -2.07. The van der Waals surface area contributed by atoms with Crippen molar-refractivity contribution in [2.45, 2.75) is 6.92 Å². The fourth-order valence-corrected chi connectivity index (χ4v) is 1.78. The first-order chi connectivity index (χ1) is 9.36. The fraction of sp³-hybridized carbons (Fsp3) is 0.0909. The molecule has 0 amide bonds. The van der Waals surface area contributed by atoms with E-state index in [4.69, 9.17) is 33.7 Å². The Hall–Kier alpha value is -2.12. The molecule has 0 aliphatic rings. The van der Waals surface area contributed by atoms with E-state index in [1.54, 1.807) is 6.92 Å². The number of ether oxygens (including phenoxy) is 1. The number of nitro groups is 1. The standard InChI is InChI=1S/C11H8Cl2N4O3/c1-5-15-10(14)4-11(16-5)20-9-3-7(13)6(12)2-8(9)17(18)19/h2-4H,1H3,(H2,14,15,16). The van der Waals surface area contributed by atoms with Gasteiger partial charge < -0.3 is 10.5 Å². The van der Waals surface area contributed by atoms with Crippen molar-refractivity contribution in [1.82, 2.24) is 9.97 Å². The molecule has 0 atom stereocenters. The number of anilines is 1. The van der Waals surface area contributed by atoms with Gasteiger partial charge in [-0.2, -0.15) is 4.98 Å². The molecule has 2 rings (SSSR count). The number of aromatic nitrogens is 2. The lowest BCUT2D eigenvalue weighted by molar-refractivity contribution is -0.385. The van der Waals surface area contributed by atoms with Gasteiger partial charge in [0.05, 0.1) is 15.0 Å². The van der Waals surface area contributed by atoms with Gasteiger partial charge in [0.25, 0.3) is 0 Å². The highest BCUT2D eigenvalue weighted by atomic mass is 35.5. The second-order valence-corrected chi connectivity index (χ2v) is 4.59. The molecule has 20 heavy (non-hydrogen) atoms. The van der Waals surface area contributed by atoms with Crippen molar-refractivity contribution in [2.75, 3.05) is 5.73 Å². The van der Waals surface area contributed by atoms with Gasteiger partial charge in [-0.1, -0.05) is 23.2 Å². The molecule has 0 spiro atoms. The SMILES string of the molecule is Cc1nc(N)cc(Oc2cc(Cl)c(Cl)cc2[N+](=O)[O-])n1. The molecule has 1 aromatic carbocycles. The lowest BCUT2D eigenvalue weighted by Crippen LogP contribution is -1.99. The zero-order chi connectivity index (χ0) is 14.9. The lowest BCUT2D eigenvalue weighted by atomic mass is 10.3. The maximum Gasteiger partial charge on any atom is 0.313 e. The Bertz CT molecular complexity index is 673. The summed E-state index contributed by atoms with van der Waals surface area (Å²) < 4.78 is 5.35. The number of hydrogen-bond acceptors (Lipinski definition) is 6. The number of nitrogens with zero attached hydrogens (tertiary/aromatic N) is 3. The third-order valence-corrected chi connectivity index (χ3v) is 2.97. The van der Waals surface area contributed by atoms with E-state index in [1.165, 1.54) is 12.1 Å². The molecular formula is C11H8Cl2N4O3. The van der Waals surface area contributed by atoms with Crippen LogP contribution >= 0.6 is 23.2 Å². The second kappa shape index (κ2) is 5.48. The smallest absolute Gasteiger partial charge is 0.313 e. The Kier molecular flexibility index (Phi) is 3.91. The normalized spacial score (nSPS) is 10.3. The summed E-state index contributed by atoms with van der Waals surface area (Å²) in [6, 6.07) is 3.70. The summed E-state index contributed by atoms with van der Waals surface area (Å²) in [6.45, 7) is 1.62. The summed E-state index contributed by atoms with van der Waals surface area (Å²) in [5.74, 6) is 0.566. The molecule has 2 aromatic rings. The largest absolute Gasteiger partial charge is 0.432 e. The molecule has 0 saturated carbocycles. The third kappa shape index (κ3) is 3.06. The van der Waals surface area contributed by atoms with Crippen LogP contribution in [0, 0.1) is 17.0 Å². The number of hydrogen-bond donors (Lipinski definition) is 1. The van der Waals surface area contributed by atoms with E-state index >= 15 is 0 Å². The molecule has 0 bridgehead atoms. The van der Waals surface area contributed by atoms with Gasteiger partial charge >= 0.3 is 5.69 Å². The highest BCUT2D eigenvalue weighted by molar-refractivity contribution is 6.42. The van der Waals surface area contributed by atoms with Gasteiger partial charge in [-0.15, -0.1) is 0 Å². The summed E-state index contributed by atoms with van der Waals surface area (Å²) in [4.78, 5) is 18.2. The van der Waals surface area contributed by atoms with E-state index in [0.717, 1.165) is 6.07 Å². The van der Waals surface area contributed by atoms with Crippen molar-refractivity contribution in [3.05, 3.63) is 44.2 Å². The van der Waals surface area contributed by atoms with E-state index in [1.807, 2.05) is 0 Å². The maximum atomic E-state index is 11.0. The maximum absolute atomic E-state index is 11.0. The molecule has 0 aliphatic carbocycles. The highest BCUT2D eigenvalue weighted by Crippen LogP contribution is 2.37. The van der Waals surface area contributed by atoms with Crippen molar-refractivity contribution in [2.24, 2.45) is 0 Å². The quantitative estimate of drug-likeness (QED) is 0.688. The van der Waals surface area contributed by atoms with Gasteiger partial charge in [0.15, 0.2) is 0 Å². The first-order valence-electron chi connectivity index (χ1n) is 5.29. The van der Waals surface area contributed by atoms with Gasteiger partial charge in [-0.3, -0.25) is 10.1 Å². The molecule has 1 aromatic heterocycles. The Morgan fingerprint density at radius 1 is 1.25 bits per heavy atom. The van der Waals surface area contributed by atoms with E-state index in [0.29, 0.717) is 5.82 Å². The minimum absolute atomic E-state index is 0.0594. The van der Waals surface area contributed by atoms with Crippen molar-refractivity contribution >= 4 is 34.7 Å². The summed E-state index contributed by atoms with van der Waals surface area (Å²) in [5, 5.41) is 11.2. The van der Waals surface area contributed by atoms with E-state index in [-0.39, 0.29) is 33.2 Å². The first-order valence-corrected chi connectivity index (χ1v) is 6.05. The number of nitro benzene ring substituents is 1. The average Bonchev–Trinajstić information content (AvgIpc) is 2.31. The van der Waals surface area contributed by atoms with Gasteiger partial charge in [-0.25, -0.2) is 4.98 Å². The zero-order valence-corrected chi connectivity index (χ0v) is 11.6. The van der Waals surface area contributed by atoms with Crippen LogP contribution in [0.25, 0.3) is 0 Å². The number of halogens is 2.